The maximum atomic E-state index is 13.8. The lowest BCUT2D eigenvalue weighted by molar-refractivity contribution is -0.154. The molecule has 0 unspecified atom stereocenters. The molecule has 4 rings (SSSR count). The van der Waals surface area contributed by atoms with Gasteiger partial charge in [0.1, 0.15) is 22.9 Å². The number of rotatable bonds is 5. The first-order valence-corrected chi connectivity index (χ1v) is 11.1. The summed E-state index contributed by atoms with van der Waals surface area (Å²) < 4.78 is 70.0. The van der Waals surface area contributed by atoms with Crippen molar-refractivity contribution in [3.63, 3.8) is 0 Å². The number of ether oxygens (including phenoxy) is 2. The lowest BCUT2D eigenvalue weighted by Crippen LogP contribution is -2.15. The first-order valence-electron chi connectivity index (χ1n) is 10.7. The highest BCUT2D eigenvalue weighted by atomic mass is 35.5. The van der Waals surface area contributed by atoms with Crippen LogP contribution in [0.3, 0.4) is 0 Å². The maximum absolute atomic E-state index is 13.8. The topological polar surface area (TPSA) is 65.7 Å². The number of halogens is 5. The Morgan fingerprint density at radius 1 is 0.973 bits per heavy atom. The van der Waals surface area contributed by atoms with E-state index < -0.39 is 40.5 Å². The van der Waals surface area contributed by atoms with E-state index >= 15 is 0 Å². The quantitative estimate of drug-likeness (QED) is 0.114. The number of benzene rings is 3. The number of carbonyl (C=O) groups is 1. The van der Waals surface area contributed by atoms with Crippen molar-refractivity contribution in [1.82, 2.24) is 0 Å². The maximum Gasteiger partial charge on any atom is 0.453 e. The molecule has 0 amide bonds. The second kappa shape index (κ2) is 10.1. The molecule has 0 aliphatic carbocycles. The molecule has 0 radical (unpaired) electrons. The first kappa shape index (κ1) is 26.0. The second-order valence-electron chi connectivity index (χ2n) is 8.02. The Balaban J connectivity index is 1.68. The van der Waals surface area contributed by atoms with Crippen LogP contribution in [0.25, 0.3) is 17.0 Å². The summed E-state index contributed by atoms with van der Waals surface area (Å²) in [7, 11) is 0. The van der Waals surface area contributed by atoms with Crippen LogP contribution in [0.1, 0.15) is 22.5 Å². The summed E-state index contributed by atoms with van der Waals surface area (Å²) >= 11 is 6.10. The van der Waals surface area contributed by atoms with Gasteiger partial charge in [-0.25, -0.2) is 9.18 Å². The average Bonchev–Trinajstić information content (AvgIpc) is 2.83. The van der Waals surface area contributed by atoms with Crippen LogP contribution in [0.15, 0.2) is 69.9 Å². The summed E-state index contributed by atoms with van der Waals surface area (Å²) in [6, 6.07) is 11.5. The summed E-state index contributed by atoms with van der Waals surface area (Å²) in [5.41, 5.74) is 0.107. The summed E-state index contributed by atoms with van der Waals surface area (Å²) in [5, 5.41) is 0.204. The van der Waals surface area contributed by atoms with Crippen molar-refractivity contribution in [2.45, 2.75) is 20.0 Å². The Hall–Kier alpha value is -4.11. The van der Waals surface area contributed by atoms with E-state index in [2.05, 4.69) is 0 Å². The highest BCUT2D eigenvalue weighted by Gasteiger charge is 2.40. The van der Waals surface area contributed by atoms with E-state index in [1.54, 1.807) is 13.8 Å². The van der Waals surface area contributed by atoms with Gasteiger partial charge in [-0.2, -0.15) is 13.2 Å². The van der Waals surface area contributed by atoms with Crippen molar-refractivity contribution in [1.29, 1.82) is 0 Å². The molecule has 0 spiro atoms. The number of esters is 1. The van der Waals surface area contributed by atoms with Crippen molar-refractivity contribution in [3.8, 4) is 17.2 Å². The Morgan fingerprint density at radius 2 is 1.62 bits per heavy atom. The van der Waals surface area contributed by atoms with E-state index in [9.17, 15) is 27.2 Å². The molecule has 0 saturated carbocycles. The summed E-state index contributed by atoms with van der Waals surface area (Å²) in [5.74, 6) is -4.15. The molecule has 0 aliphatic heterocycles. The predicted octanol–water partition coefficient (Wildman–Crippen LogP) is 7.63. The Kier molecular flexibility index (Phi) is 7.09. The molecule has 10 heteroatoms. The highest BCUT2D eigenvalue weighted by molar-refractivity contribution is 6.32. The molecule has 190 valence electrons. The van der Waals surface area contributed by atoms with Crippen LogP contribution in [0.2, 0.25) is 5.02 Å². The van der Waals surface area contributed by atoms with Crippen molar-refractivity contribution < 1.29 is 36.2 Å². The molecule has 4 aromatic rings. The van der Waals surface area contributed by atoms with Gasteiger partial charge in [0, 0.05) is 17.2 Å². The van der Waals surface area contributed by atoms with Gasteiger partial charge in [-0.05, 0) is 73.0 Å². The fourth-order valence-corrected chi connectivity index (χ4v) is 3.58. The molecule has 5 nitrogen and oxygen atoms in total. The van der Waals surface area contributed by atoms with Crippen LogP contribution in [0.5, 0.6) is 17.2 Å². The van der Waals surface area contributed by atoms with Crippen LogP contribution in [0, 0.1) is 19.7 Å². The number of carbonyl (C=O) groups excluding carboxylic acids is 1. The Bertz CT molecular complexity index is 1560. The zero-order valence-electron chi connectivity index (χ0n) is 19.3. The van der Waals surface area contributed by atoms with Crippen LogP contribution >= 0.6 is 11.6 Å². The van der Waals surface area contributed by atoms with Gasteiger partial charge < -0.3 is 13.9 Å². The van der Waals surface area contributed by atoms with E-state index in [1.165, 1.54) is 54.6 Å². The number of fused-ring (bicyclic) bond motifs is 1. The molecule has 37 heavy (non-hydrogen) atoms. The molecule has 3 aromatic carbocycles. The fraction of sp³-hybridized carbons (Fsp3) is 0.111. The Labute approximate surface area is 212 Å². The van der Waals surface area contributed by atoms with Gasteiger partial charge in [-0.1, -0.05) is 23.7 Å². The molecular formula is C27H17ClF4O5. The lowest BCUT2D eigenvalue weighted by atomic mass is 10.1. The lowest BCUT2D eigenvalue weighted by Gasteiger charge is -2.14. The average molecular weight is 533 g/mol. The van der Waals surface area contributed by atoms with Gasteiger partial charge in [-0.3, -0.25) is 4.79 Å². The van der Waals surface area contributed by atoms with Gasteiger partial charge in [0.2, 0.25) is 11.2 Å². The van der Waals surface area contributed by atoms with Crippen LogP contribution in [-0.2, 0) is 11.0 Å². The minimum Gasteiger partial charge on any atom is -0.449 e. The third-order valence-corrected chi connectivity index (χ3v) is 5.81. The van der Waals surface area contributed by atoms with Gasteiger partial charge >= 0.3 is 12.1 Å². The number of aryl methyl sites for hydroxylation is 2. The zero-order chi connectivity index (χ0) is 26.9. The molecule has 0 saturated heterocycles. The summed E-state index contributed by atoms with van der Waals surface area (Å²) in [6.07, 6.45) is -2.64. The van der Waals surface area contributed by atoms with Gasteiger partial charge in [0.15, 0.2) is 0 Å². The third-order valence-electron chi connectivity index (χ3n) is 5.21. The van der Waals surface area contributed by atoms with Crippen LogP contribution in [-0.4, -0.2) is 5.97 Å². The zero-order valence-corrected chi connectivity index (χ0v) is 20.0. The van der Waals surface area contributed by atoms with Crippen molar-refractivity contribution in [2.75, 3.05) is 0 Å². The normalized spacial score (nSPS) is 11.8. The van der Waals surface area contributed by atoms with Crippen LogP contribution in [0.4, 0.5) is 17.6 Å². The molecular weight excluding hydrogens is 516 g/mol. The number of hydrogen-bond acceptors (Lipinski definition) is 5. The SMILES string of the molecule is Cc1cc(Oc2c(C(F)(F)F)oc3cc(OC(=O)/C=C/c4ccc(F)cc4)ccc3c2=O)cc(C)c1Cl. The van der Waals surface area contributed by atoms with E-state index in [4.69, 9.17) is 25.5 Å². The fourth-order valence-electron chi connectivity index (χ4n) is 3.47. The second-order valence-corrected chi connectivity index (χ2v) is 8.40. The first-order chi connectivity index (χ1) is 17.4. The molecule has 0 fully saturated rings. The summed E-state index contributed by atoms with van der Waals surface area (Å²) in [6.45, 7) is 3.29. The standard InChI is InChI=1S/C27H17ClF4O5/c1-14-11-19(12-15(2)23(14)28)36-25-24(34)20-9-8-18(13-21(20)37-26(25)27(30,31)32)35-22(33)10-5-16-3-6-17(29)7-4-16/h3-13H,1-2H3/b10-5+. The number of alkyl halides is 3. The Morgan fingerprint density at radius 3 is 2.24 bits per heavy atom. The van der Waals surface area contributed by atoms with E-state index in [0.29, 0.717) is 21.7 Å². The summed E-state index contributed by atoms with van der Waals surface area (Å²) in [4.78, 5) is 25.1. The smallest absolute Gasteiger partial charge is 0.449 e. The molecule has 0 N–H and O–H groups in total. The predicted molar refractivity (Wildman–Crippen MR) is 130 cm³/mol. The molecule has 0 bridgehead atoms. The minimum absolute atomic E-state index is 0.0185. The van der Waals surface area contributed by atoms with Gasteiger partial charge in [0.05, 0.1) is 5.39 Å². The van der Waals surface area contributed by atoms with Crippen LogP contribution < -0.4 is 14.9 Å². The van der Waals surface area contributed by atoms with Crippen molar-refractivity contribution >= 4 is 34.6 Å². The molecule has 1 heterocycles. The number of hydrogen-bond donors (Lipinski definition) is 0. The van der Waals surface area contributed by atoms with Crippen molar-refractivity contribution in [2.24, 2.45) is 0 Å². The van der Waals surface area contributed by atoms with Gasteiger partial charge in [-0.15, -0.1) is 0 Å². The molecule has 0 aliphatic rings. The minimum atomic E-state index is -5.07. The van der Waals surface area contributed by atoms with E-state index in [1.807, 2.05) is 0 Å². The third kappa shape index (κ3) is 5.83. The van der Waals surface area contributed by atoms with E-state index in [-0.39, 0.29) is 16.9 Å². The largest absolute Gasteiger partial charge is 0.453 e. The monoisotopic (exact) mass is 532 g/mol. The molecule has 1 aromatic heterocycles. The highest BCUT2D eigenvalue weighted by Crippen LogP contribution is 2.39. The molecule has 0 atom stereocenters. The van der Waals surface area contributed by atoms with Crippen molar-refractivity contribution in [3.05, 3.63) is 104 Å². The van der Waals surface area contributed by atoms with Gasteiger partial charge in [0.25, 0.3) is 5.76 Å². The van der Waals surface area contributed by atoms with E-state index in [0.717, 1.165) is 12.1 Å².